The van der Waals surface area contributed by atoms with Gasteiger partial charge in [0.05, 0.1) is 0 Å². The lowest BCUT2D eigenvalue weighted by molar-refractivity contribution is -0.826. The third kappa shape index (κ3) is 1.23. The zero-order valence-corrected chi connectivity index (χ0v) is 5.21. The molecule has 0 aliphatic rings. The van der Waals surface area contributed by atoms with Crippen molar-refractivity contribution in [2.45, 2.75) is 0 Å². The first-order valence-electron chi connectivity index (χ1n) is 2.76. The second kappa shape index (κ2) is 2.64. The molecule has 5 N–H and O–H groups in total. The molecule has 54 valence electrons. The molecule has 0 radical (unpaired) electrons. The second-order valence-electron chi connectivity index (χ2n) is 1.91. The Labute approximate surface area is 57.2 Å². The Hall–Kier alpha value is -1.13. The molecule has 0 bridgehead atoms. The van der Waals surface area contributed by atoms with E-state index in [0.717, 1.165) is 6.07 Å². The normalized spacial score (nSPS) is 9.80. The SMILES string of the molecule is Nc1ccc([NH2+]O)c(F)c1. The van der Waals surface area contributed by atoms with Crippen LogP contribution in [-0.4, -0.2) is 5.21 Å². The maximum absolute atomic E-state index is 12.6. The molecule has 4 heteroatoms. The molecule has 0 fully saturated rings. The summed E-state index contributed by atoms with van der Waals surface area (Å²) in [6, 6.07) is 4.08. The predicted molar refractivity (Wildman–Crippen MR) is 34.2 cm³/mol. The highest BCUT2D eigenvalue weighted by atomic mass is 19.1. The smallest absolute Gasteiger partial charge is 0.197 e. The van der Waals surface area contributed by atoms with Crippen LogP contribution >= 0.6 is 0 Å². The molecule has 0 heterocycles. The number of halogens is 1. The van der Waals surface area contributed by atoms with E-state index in [1.165, 1.54) is 12.1 Å². The third-order valence-corrected chi connectivity index (χ3v) is 1.16. The van der Waals surface area contributed by atoms with Crippen molar-refractivity contribution < 1.29 is 15.1 Å². The summed E-state index contributed by atoms with van der Waals surface area (Å²) in [6.07, 6.45) is 0. The van der Waals surface area contributed by atoms with Gasteiger partial charge in [0.15, 0.2) is 11.5 Å². The fourth-order valence-corrected chi connectivity index (χ4v) is 0.648. The summed E-state index contributed by atoms with van der Waals surface area (Å²) in [5.74, 6) is -0.512. The minimum Gasteiger partial charge on any atom is -0.399 e. The Balaban J connectivity index is 3.07. The molecular weight excluding hydrogens is 135 g/mol. The summed E-state index contributed by atoms with van der Waals surface area (Å²) < 4.78 is 12.6. The van der Waals surface area contributed by atoms with Gasteiger partial charge in [-0.25, -0.2) is 9.60 Å². The Morgan fingerprint density at radius 2 is 2.20 bits per heavy atom. The van der Waals surface area contributed by atoms with Gasteiger partial charge in [-0.15, -0.1) is 0 Å². The zero-order valence-electron chi connectivity index (χ0n) is 5.21. The molecule has 0 spiro atoms. The van der Waals surface area contributed by atoms with Crippen molar-refractivity contribution in [3.8, 4) is 0 Å². The molecule has 1 aromatic rings. The Morgan fingerprint density at radius 1 is 1.50 bits per heavy atom. The van der Waals surface area contributed by atoms with Gasteiger partial charge in [0.2, 0.25) is 0 Å². The van der Waals surface area contributed by atoms with E-state index in [-0.39, 0.29) is 5.69 Å². The van der Waals surface area contributed by atoms with Crippen LogP contribution in [0.2, 0.25) is 0 Å². The van der Waals surface area contributed by atoms with Gasteiger partial charge in [-0.05, 0) is 6.07 Å². The van der Waals surface area contributed by atoms with Gasteiger partial charge in [0, 0.05) is 17.8 Å². The van der Waals surface area contributed by atoms with E-state index in [2.05, 4.69) is 0 Å². The quantitative estimate of drug-likeness (QED) is 0.382. The van der Waals surface area contributed by atoms with Crippen LogP contribution in [0.3, 0.4) is 0 Å². The standard InChI is InChI=1S/C6H7FN2O/c7-5-3-4(8)1-2-6(5)9-10/h1-3,9-10H,8H2/p+1. The first-order chi connectivity index (χ1) is 4.74. The highest BCUT2D eigenvalue weighted by Gasteiger charge is 2.03. The van der Waals surface area contributed by atoms with Crippen LogP contribution in [0.4, 0.5) is 15.8 Å². The van der Waals surface area contributed by atoms with Crippen LogP contribution in [0.1, 0.15) is 0 Å². The summed E-state index contributed by atoms with van der Waals surface area (Å²) in [5, 5.41) is 8.40. The van der Waals surface area contributed by atoms with Crippen LogP contribution in [0.15, 0.2) is 18.2 Å². The van der Waals surface area contributed by atoms with Crippen molar-refractivity contribution in [2.75, 3.05) is 5.73 Å². The maximum atomic E-state index is 12.6. The molecule has 0 saturated carbocycles. The monoisotopic (exact) mass is 143 g/mol. The molecule has 0 aliphatic heterocycles. The lowest BCUT2D eigenvalue weighted by Crippen LogP contribution is -2.74. The summed E-state index contributed by atoms with van der Waals surface area (Å²) in [7, 11) is 0. The van der Waals surface area contributed by atoms with E-state index in [9.17, 15) is 4.39 Å². The molecule has 0 aromatic heterocycles. The molecule has 10 heavy (non-hydrogen) atoms. The van der Waals surface area contributed by atoms with Crippen LogP contribution in [0.25, 0.3) is 0 Å². The van der Waals surface area contributed by atoms with Crippen molar-refractivity contribution in [3.63, 3.8) is 0 Å². The number of rotatable bonds is 1. The predicted octanol–water partition coefficient (Wildman–Crippen LogP) is -0.00800. The average Bonchev–Trinajstić information content (AvgIpc) is 1.88. The molecule has 0 aliphatic carbocycles. The van der Waals surface area contributed by atoms with Gasteiger partial charge in [-0.1, -0.05) is 0 Å². The van der Waals surface area contributed by atoms with E-state index in [4.69, 9.17) is 10.9 Å². The molecule has 0 saturated heterocycles. The van der Waals surface area contributed by atoms with Crippen molar-refractivity contribution in [1.29, 1.82) is 0 Å². The van der Waals surface area contributed by atoms with E-state index in [1.54, 1.807) is 0 Å². The largest absolute Gasteiger partial charge is 0.399 e. The fraction of sp³-hybridized carbons (Fsp3) is 0. The van der Waals surface area contributed by atoms with Gasteiger partial charge >= 0.3 is 0 Å². The number of benzene rings is 1. The van der Waals surface area contributed by atoms with Crippen molar-refractivity contribution in [3.05, 3.63) is 24.0 Å². The van der Waals surface area contributed by atoms with E-state index < -0.39 is 5.82 Å². The van der Waals surface area contributed by atoms with Gasteiger partial charge < -0.3 is 5.73 Å². The van der Waals surface area contributed by atoms with Crippen molar-refractivity contribution in [1.82, 2.24) is 0 Å². The highest BCUT2D eigenvalue weighted by Crippen LogP contribution is 2.11. The average molecular weight is 143 g/mol. The number of hydrogen-bond acceptors (Lipinski definition) is 2. The van der Waals surface area contributed by atoms with E-state index >= 15 is 0 Å². The fourth-order valence-electron chi connectivity index (χ4n) is 0.648. The van der Waals surface area contributed by atoms with Gasteiger partial charge in [0.1, 0.15) is 0 Å². The van der Waals surface area contributed by atoms with E-state index in [0.29, 0.717) is 11.2 Å². The highest BCUT2D eigenvalue weighted by molar-refractivity contribution is 5.45. The Morgan fingerprint density at radius 3 is 2.70 bits per heavy atom. The molecule has 1 rings (SSSR count). The summed E-state index contributed by atoms with van der Waals surface area (Å²) in [6.45, 7) is 0. The Kier molecular flexibility index (Phi) is 1.84. The number of hydrogen-bond donors (Lipinski definition) is 3. The van der Waals surface area contributed by atoms with Gasteiger partial charge in [0.25, 0.3) is 0 Å². The third-order valence-electron chi connectivity index (χ3n) is 1.16. The second-order valence-corrected chi connectivity index (χ2v) is 1.91. The van der Waals surface area contributed by atoms with Gasteiger partial charge in [-0.2, -0.15) is 5.48 Å². The summed E-state index contributed by atoms with van der Waals surface area (Å²) >= 11 is 0. The van der Waals surface area contributed by atoms with Gasteiger partial charge in [-0.3, -0.25) is 0 Å². The minimum absolute atomic E-state index is 0.147. The van der Waals surface area contributed by atoms with Crippen molar-refractivity contribution in [2.24, 2.45) is 0 Å². The molecule has 1 aromatic carbocycles. The van der Waals surface area contributed by atoms with Crippen LogP contribution in [-0.2, 0) is 0 Å². The molecule has 0 unspecified atom stereocenters. The topological polar surface area (TPSA) is 62.9 Å². The number of nitrogen functional groups attached to an aromatic ring is 1. The van der Waals surface area contributed by atoms with E-state index in [1.807, 2.05) is 0 Å². The summed E-state index contributed by atoms with van der Waals surface area (Å²) in [4.78, 5) is 0. The minimum atomic E-state index is -0.512. The maximum Gasteiger partial charge on any atom is 0.197 e. The van der Waals surface area contributed by atoms with Crippen molar-refractivity contribution >= 4 is 11.4 Å². The van der Waals surface area contributed by atoms with Crippen LogP contribution in [0.5, 0.6) is 0 Å². The lowest BCUT2D eigenvalue weighted by Gasteiger charge is -1.95. The number of nitrogens with two attached hydrogens (primary N) is 2. The number of quaternary nitrogens is 1. The first-order valence-corrected chi connectivity index (χ1v) is 2.76. The number of anilines is 1. The zero-order chi connectivity index (χ0) is 7.56. The molecule has 3 nitrogen and oxygen atoms in total. The van der Waals surface area contributed by atoms with Crippen LogP contribution in [0, 0.1) is 5.82 Å². The molecular formula is C6H8FN2O+. The lowest BCUT2D eigenvalue weighted by atomic mass is 10.3. The van der Waals surface area contributed by atoms with Crippen LogP contribution < -0.4 is 11.2 Å². The molecule has 0 amide bonds. The summed E-state index contributed by atoms with van der Waals surface area (Å²) in [5.41, 5.74) is 6.45. The Bertz CT molecular complexity index is 239. The molecule has 0 atom stereocenters. The first kappa shape index (κ1) is 6.98.